The quantitative estimate of drug-likeness (QED) is 0.640. The van der Waals surface area contributed by atoms with Crippen molar-refractivity contribution >= 4 is 23.1 Å². The largest absolute Gasteiger partial charge is 0.354 e. The zero-order chi connectivity index (χ0) is 12.0. The van der Waals surface area contributed by atoms with Crippen molar-refractivity contribution in [1.82, 2.24) is 0 Å². The topological polar surface area (TPSA) is 12.0 Å². The Kier molecular flexibility index (Phi) is 2.29. The summed E-state index contributed by atoms with van der Waals surface area (Å²) in [6.45, 7) is 0. The van der Waals surface area contributed by atoms with E-state index in [0.29, 0.717) is 16.3 Å². The number of hydrogen-bond donors (Lipinski definition) is 1. The molecular formula is C12H6F3NS. The second-order valence-corrected chi connectivity index (χ2v) is 4.71. The Morgan fingerprint density at radius 3 is 2.35 bits per heavy atom. The zero-order valence-electron chi connectivity index (χ0n) is 8.43. The van der Waals surface area contributed by atoms with Crippen LogP contribution in [0.4, 0.5) is 24.5 Å². The molecule has 0 saturated heterocycles. The van der Waals surface area contributed by atoms with Gasteiger partial charge in [0.2, 0.25) is 0 Å². The van der Waals surface area contributed by atoms with Gasteiger partial charge in [0.1, 0.15) is 5.82 Å². The molecule has 0 aromatic heterocycles. The Bertz CT molecular complexity index is 613. The van der Waals surface area contributed by atoms with E-state index in [1.54, 1.807) is 6.07 Å². The number of nitrogens with one attached hydrogen (secondary N) is 1. The molecule has 1 aliphatic heterocycles. The molecule has 1 nitrogen and oxygen atoms in total. The first-order valence-electron chi connectivity index (χ1n) is 4.87. The highest BCUT2D eigenvalue weighted by molar-refractivity contribution is 7.99. The molecule has 1 heterocycles. The van der Waals surface area contributed by atoms with Crippen molar-refractivity contribution in [3.8, 4) is 0 Å². The molecule has 0 saturated carbocycles. The molecule has 2 aromatic rings. The van der Waals surface area contributed by atoms with Crippen LogP contribution in [0.25, 0.3) is 0 Å². The fourth-order valence-electron chi connectivity index (χ4n) is 1.66. The van der Waals surface area contributed by atoms with Crippen LogP contribution >= 0.6 is 11.8 Å². The van der Waals surface area contributed by atoms with Crippen molar-refractivity contribution in [2.75, 3.05) is 5.32 Å². The fourth-order valence-corrected chi connectivity index (χ4v) is 2.64. The lowest BCUT2D eigenvalue weighted by atomic mass is 10.2. The Hall–Kier alpha value is -1.62. The van der Waals surface area contributed by atoms with Crippen LogP contribution in [0.2, 0.25) is 0 Å². The van der Waals surface area contributed by atoms with Crippen molar-refractivity contribution in [2.45, 2.75) is 9.79 Å². The summed E-state index contributed by atoms with van der Waals surface area (Å²) < 4.78 is 39.2. The second-order valence-electron chi connectivity index (χ2n) is 3.63. The summed E-state index contributed by atoms with van der Waals surface area (Å²) in [7, 11) is 0. The van der Waals surface area contributed by atoms with Gasteiger partial charge in [-0.2, -0.15) is 0 Å². The van der Waals surface area contributed by atoms with E-state index in [-0.39, 0.29) is 5.82 Å². The van der Waals surface area contributed by atoms with Gasteiger partial charge in [-0.3, -0.25) is 0 Å². The van der Waals surface area contributed by atoms with Gasteiger partial charge in [0.25, 0.3) is 0 Å². The summed E-state index contributed by atoms with van der Waals surface area (Å²) in [4.78, 5) is 1.37. The minimum Gasteiger partial charge on any atom is -0.354 e. The van der Waals surface area contributed by atoms with E-state index in [2.05, 4.69) is 5.32 Å². The van der Waals surface area contributed by atoms with Crippen molar-refractivity contribution in [2.24, 2.45) is 0 Å². The number of anilines is 2. The molecule has 86 valence electrons. The Morgan fingerprint density at radius 2 is 1.53 bits per heavy atom. The summed E-state index contributed by atoms with van der Waals surface area (Å²) in [5.74, 6) is -2.18. The normalized spacial score (nSPS) is 12.6. The van der Waals surface area contributed by atoms with Crippen LogP contribution in [-0.2, 0) is 0 Å². The maximum Gasteiger partial charge on any atom is 0.160 e. The van der Waals surface area contributed by atoms with Gasteiger partial charge in [-0.05, 0) is 24.3 Å². The lowest BCUT2D eigenvalue weighted by Crippen LogP contribution is -2.02. The number of rotatable bonds is 0. The highest BCUT2D eigenvalue weighted by Crippen LogP contribution is 2.44. The Labute approximate surface area is 99.7 Å². The monoisotopic (exact) mass is 253 g/mol. The molecule has 0 fully saturated rings. The molecule has 0 atom stereocenters. The van der Waals surface area contributed by atoms with Gasteiger partial charge in [0, 0.05) is 15.9 Å². The first-order valence-corrected chi connectivity index (χ1v) is 5.68. The van der Waals surface area contributed by atoms with Crippen molar-refractivity contribution in [3.63, 3.8) is 0 Å². The van der Waals surface area contributed by atoms with Gasteiger partial charge in [-0.1, -0.05) is 11.8 Å². The van der Waals surface area contributed by atoms with Crippen molar-refractivity contribution < 1.29 is 13.2 Å². The van der Waals surface area contributed by atoms with E-state index < -0.39 is 11.6 Å². The molecule has 1 aliphatic rings. The molecule has 0 radical (unpaired) electrons. The summed E-state index contributed by atoms with van der Waals surface area (Å²) >= 11 is 1.28. The zero-order valence-corrected chi connectivity index (χ0v) is 9.25. The van der Waals surface area contributed by atoms with E-state index in [9.17, 15) is 13.2 Å². The predicted octanol–water partition coefficient (Wildman–Crippen LogP) is 4.31. The third-order valence-electron chi connectivity index (χ3n) is 2.45. The second kappa shape index (κ2) is 3.70. The molecule has 1 N–H and O–H groups in total. The average Bonchev–Trinajstić information content (AvgIpc) is 2.28. The van der Waals surface area contributed by atoms with E-state index in [1.807, 2.05) is 0 Å². The van der Waals surface area contributed by atoms with Crippen LogP contribution in [0.5, 0.6) is 0 Å². The molecule has 0 amide bonds. The van der Waals surface area contributed by atoms with Crippen LogP contribution in [0.1, 0.15) is 0 Å². The first-order chi connectivity index (χ1) is 8.13. The molecule has 2 aromatic carbocycles. The van der Waals surface area contributed by atoms with E-state index >= 15 is 0 Å². The van der Waals surface area contributed by atoms with Crippen molar-refractivity contribution in [1.29, 1.82) is 0 Å². The summed E-state index contributed by atoms with van der Waals surface area (Å²) in [5.41, 5.74) is 1.01. The van der Waals surface area contributed by atoms with Crippen LogP contribution in [0.15, 0.2) is 40.1 Å². The van der Waals surface area contributed by atoms with Gasteiger partial charge in [0.05, 0.1) is 11.4 Å². The van der Waals surface area contributed by atoms with Gasteiger partial charge in [-0.25, -0.2) is 13.2 Å². The maximum absolute atomic E-state index is 13.1. The number of fused-ring (bicyclic) bond motifs is 2. The summed E-state index contributed by atoms with van der Waals surface area (Å²) in [6, 6.07) is 6.47. The van der Waals surface area contributed by atoms with E-state index in [0.717, 1.165) is 17.0 Å². The third kappa shape index (κ3) is 1.76. The third-order valence-corrected chi connectivity index (χ3v) is 3.59. The highest BCUT2D eigenvalue weighted by Gasteiger charge is 2.18. The standard InChI is InChI=1S/C12H6F3NS/c13-6-1-2-11-9(3-6)16-10-4-7(14)8(15)5-12(10)17-11/h1-5,16H. The lowest BCUT2D eigenvalue weighted by Gasteiger charge is -2.20. The number of benzene rings is 2. The molecule has 0 aliphatic carbocycles. The SMILES string of the molecule is Fc1ccc2c(c1)Nc1cc(F)c(F)cc1S2. The summed E-state index contributed by atoms with van der Waals surface area (Å²) in [6.07, 6.45) is 0. The molecule has 5 heteroatoms. The maximum atomic E-state index is 13.1. The first kappa shape index (κ1) is 10.5. The fraction of sp³-hybridized carbons (Fsp3) is 0. The van der Waals surface area contributed by atoms with Crippen LogP contribution in [-0.4, -0.2) is 0 Å². The summed E-state index contributed by atoms with van der Waals surface area (Å²) in [5, 5.41) is 2.88. The van der Waals surface area contributed by atoms with Crippen molar-refractivity contribution in [3.05, 3.63) is 47.8 Å². The van der Waals surface area contributed by atoms with E-state index in [1.165, 1.54) is 23.9 Å². The van der Waals surface area contributed by atoms with E-state index in [4.69, 9.17) is 0 Å². The number of halogens is 3. The number of hydrogen-bond acceptors (Lipinski definition) is 2. The van der Waals surface area contributed by atoms with Gasteiger partial charge < -0.3 is 5.32 Å². The van der Waals surface area contributed by atoms with Gasteiger partial charge in [-0.15, -0.1) is 0 Å². The Balaban J connectivity index is 2.11. The lowest BCUT2D eigenvalue weighted by molar-refractivity contribution is 0.506. The predicted molar refractivity (Wildman–Crippen MR) is 60.2 cm³/mol. The van der Waals surface area contributed by atoms with Crippen LogP contribution in [0.3, 0.4) is 0 Å². The highest BCUT2D eigenvalue weighted by atomic mass is 32.2. The van der Waals surface area contributed by atoms with Crippen LogP contribution in [0, 0.1) is 17.5 Å². The molecule has 0 unspecified atom stereocenters. The van der Waals surface area contributed by atoms with Gasteiger partial charge >= 0.3 is 0 Å². The molecule has 0 spiro atoms. The molecule has 17 heavy (non-hydrogen) atoms. The molecule has 0 bridgehead atoms. The van der Waals surface area contributed by atoms with Crippen LogP contribution < -0.4 is 5.32 Å². The smallest absolute Gasteiger partial charge is 0.160 e. The molecular weight excluding hydrogens is 247 g/mol. The average molecular weight is 253 g/mol. The molecule has 3 rings (SSSR count). The Morgan fingerprint density at radius 1 is 0.824 bits per heavy atom. The minimum atomic E-state index is -0.920. The minimum absolute atomic E-state index is 0.372. The van der Waals surface area contributed by atoms with Gasteiger partial charge in [0.15, 0.2) is 11.6 Å².